The Kier molecular flexibility index (Phi) is 4.93. The fraction of sp³-hybridized carbons (Fsp3) is 0.571. The molecule has 18 heavy (non-hydrogen) atoms. The predicted octanol–water partition coefficient (Wildman–Crippen LogP) is 4.10. The molecule has 0 bridgehead atoms. The Bertz CT molecular complexity index is 413. The molecule has 0 N–H and O–H groups in total. The van der Waals surface area contributed by atoms with Crippen molar-refractivity contribution in [3.63, 3.8) is 0 Å². The molecule has 0 aliphatic carbocycles. The van der Waals surface area contributed by atoms with E-state index in [-0.39, 0.29) is 0 Å². The molecule has 0 aromatic heterocycles. The Morgan fingerprint density at radius 2 is 2.28 bits per heavy atom. The van der Waals surface area contributed by atoms with Crippen LogP contribution >= 0.6 is 27.5 Å². The minimum Gasteiger partial charge on any atom is -0.379 e. The monoisotopic (exact) mass is 331 g/mol. The normalized spacial score (nSPS) is 24.3. The maximum atomic E-state index is 6.37. The van der Waals surface area contributed by atoms with Gasteiger partial charge >= 0.3 is 0 Å². The van der Waals surface area contributed by atoms with Crippen LogP contribution < -0.4 is 4.90 Å². The van der Waals surface area contributed by atoms with Crippen LogP contribution in [0, 0.1) is 5.92 Å². The van der Waals surface area contributed by atoms with Gasteiger partial charge in [-0.1, -0.05) is 40.5 Å². The molecule has 0 saturated carbocycles. The lowest BCUT2D eigenvalue weighted by Crippen LogP contribution is -2.44. The number of nitrogens with zero attached hydrogens (tertiary/aromatic N) is 1. The molecule has 1 aromatic rings. The van der Waals surface area contributed by atoms with Crippen molar-refractivity contribution in [2.75, 3.05) is 25.1 Å². The van der Waals surface area contributed by atoms with E-state index >= 15 is 0 Å². The number of piperidine rings is 1. The van der Waals surface area contributed by atoms with E-state index in [0.29, 0.717) is 12.0 Å². The Labute approximate surface area is 122 Å². The van der Waals surface area contributed by atoms with Crippen molar-refractivity contribution >= 4 is 33.2 Å². The van der Waals surface area contributed by atoms with Crippen LogP contribution in [-0.2, 0) is 10.1 Å². The molecule has 2 atom stereocenters. The van der Waals surface area contributed by atoms with Gasteiger partial charge in [0, 0.05) is 25.5 Å². The number of halogens is 2. The zero-order valence-corrected chi connectivity index (χ0v) is 13.2. The summed E-state index contributed by atoms with van der Waals surface area (Å²) in [7, 11) is 1.79. The zero-order valence-electron chi connectivity index (χ0n) is 10.8. The highest BCUT2D eigenvalue weighted by atomic mass is 79.9. The van der Waals surface area contributed by atoms with Gasteiger partial charge in [0.15, 0.2) is 0 Å². The Hall–Kier alpha value is -0.250. The Morgan fingerprint density at radius 3 is 2.89 bits per heavy atom. The lowest BCUT2D eigenvalue weighted by molar-refractivity contribution is 0.0498. The summed E-state index contributed by atoms with van der Waals surface area (Å²) in [5.41, 5.74) is 2.33. The standard InChI is InChI=1S/C14H19BrClNO/c1-10-5-6-17(9-14(10)18-2)13-4-3-11(8-15)7-12(13)16/h3-4,7,10,14H,5-6,8-9H2,1-2H3. The van der Waals surface area contributed by atoms with E-state index in [0.717, 1.165) is 35.6 Å². The molecule has 1 heterocycles. The molecule has 0 amide bonds. The first-order chi connectivity index (χ1) is 8.65. The average Bonchev–Trinajstić information content (AvgIpc) is 2.39. The van der Waals surface area contributed by atoms with Crippen LogP contribution in [0.5, 0.6) is 0 Å². The number of methoxy groups -OCH3 is 1. The van der Waals surface area contributed by atoms with E-state index < -0.39 is 0 Å². The number of hydrogen-bond acceptors (Lipinski definition) is 2. The van der Waals surface area contributed by atoms with Crippen LogP contribution in [0.15, 0.2) is 18.2 Å². The minimum atomic E-state index is 0.297. The number of hydrogen-bond donors (Lipinski definition) is 0. The van der Waals surface area contributed by atoms with E-state index in [1.54, 1.807) is 7.11 Å². The number of rotatable bonds is 3. The summed E-state index contributed by atoms with van der Waals surface area (Å²) in [5, 5.41) is 1.67. The summed E-state index contributed by atoms with van der Waals surface area (Å²) in [5.74, 6) is 0.617. The van der Waals surface area contributed by atoms with E-state index in [1.807, 2.05) is 6.07 Å². The minimum absolute atomic E-state index is 0.297. The molecule has 4 heteroatoms. The summed E-state index contributed by atoms with van der Waals surface area (Å²) >= 11 is 9.81. The fourth-order valence-corrected chi connectivity index (χ4v) is 3.12. The lowest BCUT2D eigenvalue weighted by Gasteiger charge is -2.38. The van der Waals surface area contributed by atoms with Gasteiger partial charge < -0.3 is 9.64 Å². The third-order valence-corrected chi connectivity index (χ3v) is 4.65. The molecule has 1 aliphatic rings. The molecule has 1 aromatic carbocycles. The Balaban J connectivity index is 2.16. The highest BCUT2D eigenvalue weighted by molar-refractivity contribution is 9.08. The van der Waals surface area contributed by atoms with Crippen LogP contribution in [-0.4, -0.2) is 26.3 Å². The van der Waals surface area contributed by atoms with Crippen LogP contribution in [0.25, 0.3) is 0 Å². The van der Waals surface area contributed by atoms with Gasteiger partial charge in [-0.2, -0.15) is 0 Å². The van der Waals surface area contributed by atoms with Crippen molar-refractivity contribution in [3.8, 4) is 0 Å². The van der Waals surface area contributed by atoms with Gasteiger partial charge in [-0.15, -0.1) is 0 Å². The highest BCUT2D eigenvalue weighted by Gasteiger charge is 2.26. The molecule has 2 rings (SSSR count). The highest BCUT2D eigenvalue weighted by Crippen LogP contribution is 2.31. The first-order valence-electron chi connectivity index (χ1n) is 6.28. The SMILES string of the molecule is COC1CN(c2ccc(CBr)cc2Cl)CCC1C. The predicted molar refractivity (Wildman–Crippen MR) is 80.9 cm³/mol. The topological polar surface area (TPSA) is 12.5 Å². The van der Waals surface area contributed by atoms with Crippen molar-refractivity contribution in [3.05, 3.63) is 28.8 Å². The van der Waals surface area contributed by atoms with Crippen LogP contribution in [0.1, 0.15) is 18.9 Å². The molecule has 0 radical (unpaired) electrons. The second-order valence-corrected chi connectivity index (χ2v) is 5.87. The van der Waals surface area contributed by atoms with Gasteiger partial charge in [0.05, 0.1) is 16.8 Å². The van der Waals surface area contributed by atoms with E-state index in [4.69, 9.17) is 16.3 Å². The summed E-state index contributed by atoms with van der Waals surface area (Å²) < 4.78 is 5.55. The largest absolute Gasteiger partial charge is 0.379 e. The van der Waals surface area contributed by atoms with Gasteiger partial charge in [-0.25, -0.2) is 0 Å². The number of anilines is 1. The smallest absolute Gasteiger partial charge is 0.0772 e. The summed E-state index contributed by atoms with van der Waals surface area (Å²) in [6.45, 7) is 4.22. The third-order valence-electron chi connectivity index (χ3n) is 3.70. The van der Waals surface area contributed by atoms with Gasteiger partial charge in [-0.05, 0) is 30.0 Å². The molecule has 1 aliphatic heterocycles. The molecule has 100 valence electrons. The molecule has 2 nitrogen and oxygen atoms in total. The maximum Gasteiger partial charge on any atom is 0.0772 e. The first-order valence-corrected chi connectivity index (χ1v) is 7.77. The molecule has 1 saturated heterocycles. The lowest BCUT2D eigenvalue weighted by atomic mass is 9.95. The summed E-state index contributed by atoms with van der Waals surface area (Å²) in [6.07, 6.45) is 1.44. The maximum absolute atomic E-state index is 6.37. The van der Waals surface area contributed by atoms with E-state index in [1.165, 1.54) is 5.56 Å². The average molecular weight is 333 g/mol. The summed E-state index contributed by atoms with van der Waals surface area (Å²) in [6, 6.07) is 6.27. The fourth-order valence-electron chi connectivity index (χ4n) is 2.45. The zero-order chi connectivity index (χ0) is 13.1. The quantitative estimate of drug-likeness (QED) is 0.773. The summed E-state index contributed by atoms with van der Waals surface area (Å²) in [4.78, 5) is 2.33. The van der Waals surface area contributed by atoms with Gasteiger partial charge in [0.2, 0.25) is 0 Å². The van der Waals surface area contributed by atoms with Crippen molar-refractivity contribution in [2.45, 2.75) is 24.8 Å². The van der Waals surface area contributed by atoms with Gasteiger partial charge in [-0.3, -0.25) is 0 Å². The van der Waals surface area contributed by atoms with Crippen molar-refractivity contribution in [2.24, 2.45) is 5.92 Å². The van der Waals surface area contributed by atoms with Gasteiger partial charge in [0.25, 0.3) is 0 Å². The molecular weight excluding hydrogens is 314 g/mol. The van der Waals surface area contributed by atoms with Crippen LogP contribution in [0.4, 0.5) is 5.69 Å². The van der Waals surface area contributed by atoms with Crippen molar-refractivity contribution in [1.29, 1.82) is 0 Å². The molecular formula is C14H19BrClNO. The molecule has 0 spiro atoms. The van der Waals surface area contributed by atoms with E-state index in [9.17, 15) is 0 Å². The van der Waals surface area contributed by atoms with Gasteiger partial charge in [0.1, 0.15) is 0 Å². The second-order valence-electron chi connectivity index (χ2n) is 4.91. The molecule has 1 fully saturated rings. The van der Waals surface area contributed by atoms with E-state index in [2.05, 4.69) is 39.9 Å². The molecule has 2 unspecified atom stereocenters. The van der Waals surface area contributed by atoms with Crippen molar-refractivity contribution < 1.29 is 4.74 Å². The number of benzene rings is 1. The number of alkyl halides is 1. The van der Waals surface area contributed by atoms with Crippen LogP contribution in [0.3, 0.4) is 0 Å². The first kappa shape index (κ1) is 14.2. The second kappa shape index (κ2) is 6.27. The van der Waals surface area contributed by atoms with Crippen molar-refractivity contribution in [1.82, 2.24) is 0 Å². The third kappa shape index (κ3) is 3.01. The Morgan fingerprint density at radius 1 is 1.50 bits per heavy atom. The number of ether oxygens (including phenoxy) is 1. The van der Waals surface area contributed by atoms with Crippen LogP contribution in [0.2, 0.25) is 5.02 Å².